The summed E-state index contributed by atoms with van der Waals surface area (Å²) in [6, 6.07) is 22.1. The molecule has 0 heterocycles. The van der Waals surface area contributed by atoms with Crippen LogP contribution in [0.5, 0.6) is 5.75 Å². The number of hydrogen-bond donors (Lipinski definition) is 1. The SMILES string of the molecule is CCOP(=O)(OCC)[C@@H](N=C1c2ccccc2-c2ccccc21)[C@H](NC(=O)OC(C)(C)C)c1ccc(OC)cc1. The summed E-state index contributed by atoms with van der Waals surface area (Å²) in [6.07, 6.45) is -0.676. The number of hydrogen-bond acceptors (Lipinski definition) is 7. The van der Waals surface area contributed by atoms with Gasteiger partial charge in [-0.3, -0.25) is 9.56 Å². The van der Waals surface area contributed by atoms with E-state index < -0.39 is 31.1 Å². The molecule has 0 radical (unpaired) electrons. The monoisotopic (exact) mass is 564 g/mol. The van der Waals surface area contributed by atoms with E-state index in [1.165, 1.54) is 0 Å². The van der Waals surface area contributed by atoms with Gasteiger partial charge in [-0.05, 0) is 63.4 Å². The maximum Gasteiger partial charge on any atom is 0.408 e. The molecule has 0 aliphatic heterocycles. The minimum absolute atomic E-state index is 0.133. The molecular weight excluding hydrogens is 527 g/mol. The molecule has 9 heteroatoms. The fourth-order valence-corrected chi connectivity index (χ4v) is 6.69. The summed E-state index contributed by atoms with van der Waals surface area (Å²) < 4.78 is 37.2. The van der Waals surface area contributed by atoms with Gasteiger partial charge < -0.3 is 23.8 Å². The second-order valence-electron chi connectivity index (χ2n) is 10.3. The number of rotatable bonds is 10. The average molecular weight is 565 g/mol. The fourth-order valence-electron chi connectivity index (χ4n) is 4.72. The average Bonchev–Trinajstić information content (AvgIpc) is 3.23. The van der Waals surface area contributed by atoms with Crippen molar-refractivity contribution in [3.05, 3.63) is 89.5 Å². The van der Waals surface area contributed by atoms with Gasteiger partial charge in [0.25, 0.3) is 0 Å². The quantitative estimate of drug-likeness (QED) is 0.202. The molecule has 0 saturated carbocycles. The van der Waals surface area contributed by atoms with Crippen LogP contribution in [0.4, 0.5) is 4.79 Å². The molecule has 4 rings (SSSR count). The highest BCUT2D eigenvalue weighted by Crippen LogP contribution is 2.58. The molecule has 2 atom stereocenters. The minimum atomic E-state index is -3.94. The number of carbonyl (C=O) groups excluding carboxylic acids is 1. The molecule has 1 aliphatic carbocycles. The van der Waals surface area contributed by atoms with Crippen LogP contribution in [0, 0.1) is 0 Å². The van der Waals surface area contributed by atoms with Crippen LogP contribution in [0.15, 0.2) is 77.8 Å². The topological polar surface area (TPSA) is 95.5 Å². The Balaban J connectivity index is 1.94. The zero-order valence-electron chi connectivity index (χ0n) is 23.8. The van der Waals surface area contributed by atoms with E-state index in [1.54, 1.807) is 66.0 Å². The normalized spacial score (nSPS) is 14.1. The number of aliphatic imine (C=N–C) groups is 1. The molecule has 212 valence electrons. The molecule has 0 fully saturated rings. The maximum absolute atomic E-state index is 14.6. The van der Waals surface area contributed by atoms with Gasteiger partial charge in [0.05, 0.1) is 32.1 Å². The van der Waals surface area contributed by atoms with Gasteiger partial charge in [0.2, 0.25) is 0 Å². The lowest BCUT2D eigenvalue weighted by atomic mass is 10.1. The Morgan fingerprint density at radius 1 is 0.850 bits per heavy atom. The van der Waals surface area contributed by atoms with Crippen LogP contribution < -0.4 is 10.1 Å². The summed E-state index contributed by atoms with van der Waals surface area (Å²) in [5, 5.41) is 2.93. The van der Waals surface area contributed by atoms with Gasteiger partial charge >= 0.3 is 13.7 Å². The summed E-state index contributed by atoms with van der Waals surface area (Å²) in [7, 11) is -2.37. The van der Waals surface area contributed by atoms with Crippen molar-refractivity contribution in [3.8, 4) is 16.9 Å². The van der Waals surface area contributed by atoms with E-state index in [0.29, 0.717) is 17.0 Å². The van der Waals surface area contributed by atoms with Crippen molar-refractivity contribution in [1.29, 1.82) is 0 Å². The molecule has 0 spiro atoms. The highest BCUT2D eigenvalue weighted by atomic mass is 31.2. The predicted octanol–water partition coefficient (Wildman–Crippen LogP) is 7.37. The van der Waals surface area contributed by atoms with Crippen LogP contribution in [-0.2, 0) is 18.3 Å². The first-order valence-electron chi connectivity index (χ1n) is 13.4. The molecule has 3 aromatic rings. The van der Waals surface area contributed by atoms with E-state index in [0.717, 1.165) is 22.3 Å². The molecule has 3 aromatic carbocycles. The van der Waals surface area contributed by atoms with E-state index in [9.17, 15) is 9.36 Å². The van der Waals surface area contributed by atoms with E-state index in [4.69, 9.17) is 23.5 Å². The highest BCUT2D eigenvalue weighted by Gasteiger charge is 2.44. The third kappa shape index (κ3) is 6.47. The molecule has 0 aromatic heterocycles. The van der Waals surface area contributed by atoms with Crippen molar-refractivity contribution < 1.29 is 27.9 Å². The zero-order valence-corrected chi connectivity index (χ0v) is 24.7. The Morgan fingerprint density at radius 2 is 1.35 bits per heavy atom. The molecular formula is C31H37N2O6P. The van der Waals surface area contributed by atoms with Gasteiger partial charge in [0.15, 0.2) is 5.78 Å². The van der Waals surface area contributed by atoms with Gasteiger partial charge in [-0.25, -0.2) is 4.79 Å². The van der Waals surface area contributed by atoms with Gasteiger partial charge in [0.1, 0.15) is 11.4 Å². The van der Waals surface area contributed by atoms with Crippen molar-refractivity contribution >= 4 is 19.4 Å². The van der Waals surface area contributed by atoms with Gasteiger partial charge in [-0.2, -0.15) is 0 Å². The Hall–Kier alpha value is -3.45. The summed E-state index contributed by atoms with van der Waals surface area (Å²) in [5.74, 6) is -0.499. The van der Waals surface area contributed by atoms with Crippen LogP contribution in [0.2, 0.25) is 0 Å². The Kier molecular flexibility index (Phi) is 9.14. The second kappa shape index (κ2) is 12.4. The molecule has 1 aliphatic rings. The lowest BCUT2D eigenvalue weighted by Gasteiger charge is -2.32. The number of fused-ring (bicyclic) bond motifs is 3. The van der Waals surface area contributed by atoms with E-state index in [-0.39, 0.29) is 13.2 Å². The standard InChI is InChI=1S/C31H37N2O6P/c1-7-37-40(35,38-8-2)29(32-28-25-15-11-9-13-23(25)24-14-10-12-16-26(24)28)27(33-30(34)39-31(3,4)5)21-17-19-22(36-6)20-18-21/h9-20,27,29H,7-8H2,1-6H3,(H,33,34)/t27-,29-/m1/s1. The number of alkyl carbamates (subject to hydrolysis) is 1. The Morgan fingerprint density at radius 3 is 1.80 bits per heavy atom. The first kappa shape index (κ1) is 29.5. The van der Waals surface area contributed by atoms with Gasteiger partial charge in [-0.1, -0.05) is 60.7 Å². The molecule has 8 nitrogen and oxygen atoms in total. The molecule has 0 bridgehead atoms. The van der Waals surface area contributed by atoms with Crippen molar-refractivity contribution in [2.75, 3.05) is 20.3 Å². The number of benzene rings is 3. The van der Waals surface area contributed by atoms with Crippen LogP contribution >= 0.6 is 7.60 Å². The number of amides is 1. The predicted molar refractivity (Wildman–Crippen MR) is 157 cm³/mol. The lowest BCUT2D eigenvalue weighted by molar-refractivity contribution is 0.0500. The third-order valence-electron chi connectivity index (χ3n) is 6.30. The van der Waals surface area contributed by atoms with Crippen LogP contribution in [-0.4, -0.2) is 43.5 Å². The van der Waals surface area contributed by atoms with Crippen molar-refractivity contribution in [2.24, 2.45) is 4.99 Å². The molecule has 0 unspecified atom stereocenters. The summed E-state index contributed by atoms with van der Waals surface area (Å²) in [5.41, 5.74) is 4.40. The van der Waals surface area contributed by atoms with Crippen molar-refractivity contribution in [1.82, 2.24) is 5.32 Å². The lowest BCUT2D eigenvalue weighted by Crippen LogP contribution is -2.40. The third-order valence-corrected chi connectivity index (χ3v) is 8.60. The van der Waals surface area contributed by atoms with Gasteiger partial charge in [0, 0.05) is 11.1 Å². The Bertz CT molecular complexity index is 1360. The van der Waals surface area contributed by atoms with Crippen molar-refractivity contribution in [2.45, 2.75) is 52.0 Å². The Labute approximate surface area is 236 Å². The molecule has 40 heavy (non-hydrogen) atoms. The van der Waals surface area contributed by atoms with Crippen LogP contribution in [0.25, 0.3) is 11.1 Å². The van der Waals surface area contributed by atoms with Crippen LogP contribution in [0.1, 0.15) is 57.4 Å². The first-order valence-corrected chi connectivity index (χ1v) is 15.0. The van der Waals surface area contributed by atoms with E-state index >= 15 is 0 Å². The minimum Gasteiger partial charge on any atom is -0.497 e. The number of nitrogens with one attached hydrogen (secondary N) is 1. The van der Waals surface area contributed by atoms with Crippen molar-refractivity contribution in [3.63, 3.8) is 0 Å². The zero-order chi connectivity index (χ0) is 28.9. The number of methoxy groups -OCH3 is 1. The number of nitrogens with zero attached hydrogens (tertiary/aromatic N) is 1. The summed E-state index contributed by atoms with van der Waals surface area (Å²) >= 11 is 0. The fraction of sp³-hybridized carbons (Fsp3) is 0.355. The number of carbonyl (C=O) groups is 1. The highest BCUT2D eigenvalue weighted by molar-refractivity contribution is 7.54. The summed E-state index contributed by atoms with van der Waals surface area (Å²) in [6.45, 7) is 9.11. The first-order chi connectivity index (χ1) is 19.1. The van der Waals surface area contributed by atoms with E-state index in [2.05, 4.69) is 5.32 Å². The maximum atomic E-state index is 14.6. The molecule has 0 saturated heterocycles. The summed E-state index contributed by atoms with van der Waals surface area (Å²) in [4.78, 5) is 18.3. The van der Waals surface area contributed by atoms with Crippen LogP contribution in [0.3, 0.4) is 0 Å². The van der Waals surface area contributed by atoms with E-state index in [1.807, 2.05) is 48.5 Å². The molecule has 1 amide bonds. The second-order valence-corrected chi connectivity index (χ2v) is 12.4. The van der Waals surface area contributed by atoms with Gasteiger partial charge in [-0.15, -0.1) is 0 Å². The molecule has 1 N–H and O–H groups in total. The number of ether oxygens (including phenoxy) is 2. The largest absolute Gasteiger partial charge is 0.497 e. The smallest absolute Gasteiger partial charge is 0.408 e.